The Kier molecular flexibility index (Phi) is 7.46. The highest BCUT2D eigenvalue weighted by molar-refractivity contribution is 7.89. The zero-order valence-corrected chi connectivity index (χ0v) is 17.3. The summed E-state index contributed by atoms with van der Waals surface area (Å²) in [5, 5.41) is 5.15. The van der Waals surface area contributed by atoms with Gasteiger partial charge in [-0.3, -0.25) is 9.59 Å². The third kappa shape index (κ3) is 5.39. The minimum atomic E-state index is -4.07. The molecule has 2 N–H and O–H groups in total. The van der Waals surface area contributed by atoms with E-state index in [4.69, 9.17) is 0 Å². The van der Waals surface area contributed by atoms with Crippen LogP contribution in [0.2, 0.25) is 0 Å². The van der Waals surface area contributed by atoms with E-state index in [2.05, 4.69) is 10.6 Å². The van der Waals surface area contributed by atoms with Crippen molar-refractivity contribution in [3.05, 3.63) is 59.9 Å². The molecule has 1 atom stereocenters. The largest absolute Gasteiger partial charge is 0.341 e. The lowest BCUT2D eigenvalue weighted by atomic mass is 10.2. The number of carbonyl (C=O) groups is 2. The average Bonchev–Trinajstić information content (AvgIpc) is 2.69. The molecule has 0 spiro atoms. The number of halogens is 1. The number of carbonyl (C=O) groups excluding carboxylic acids is 2. The Morgan fingerprint density at radius 3 is 2.28 bits per heavy atom. The smallest absolute Gasteiger partial charge is 0.251 e. The highest BCUT2D eigenvalue weighted by Crippen LogP contribution is 2.21. The van der Waals surface area contributed by atoms with E-state index in [1.807, 2.05) is 0 Å². The van der Waals surface area contributed by atoms with Gasteiger partial charge in [-0.15, -0.1) is 0 Å². The van der Waals surface area contributed by atoms with E-state index in [0.29, 0.717) is 5.69 Å². The Bertz CT molecular complexity index is 976. The molecule has 0 aliphatic heterocycles. The number of benzene rings is 2. The third-order valence-corrected chi connectivity index (χ3v) is 6.36. The SMILES string of the molecule is CCN(CC)S(=O)(=O)c1cc(C(=O)NC(C)C(=O)Nc2ccccc2)ccc1F. The zero-order chi connectivity index (χ0) is 21.6. The summed E-state index contributed by atoms with van der Waals surface area (Å²) in [6, 6.07) is 10.9. The van der Waals surface area contributed by atoms with Gasteiger partial charge in [0.1, 0.15) is 16.8 Å². The first kappa shape index (κ1) is 22.5. The van der Waals surface area contributed by atoms with E-state index in [0.717, 1.165) is 16.4 Å². The van der Waals surface area contributed by atoms with E-state index < -0.39 is 38.6 Å². The molecular weight excluding hydrogens is 397 g/mol. The van der Waals surface area contributed by atoms with Crippen molar-refractivity contribution >= 4 is 27.5 Å². The lowest BCUT2D eigenvalue weighted by Gasteiger charge is -2.19. The predicted molar refractivity (Wildman–Crippen MR) is 109 cm³/mol. The van der Waals surface area contributed by atoms with Gasteiger partial charge in [0.05, 0.1) is 0 Å². The van der Waals surface area contributed by atoms with Gasteiger partial charge in [0, 0.05) is 24.3 Å². The molecule has 2 aromatic rings. The lowest BCUT2D eigenvalue weighted by molar-refractivity contribution is -0.117. The van der Waals surface area contributed by atoms with E-state index in [1.54, 1.807) is 44.2 Å². The van der Waals surface area contributed by atoms with Gasteiger partial charge in [-0.25, -0.2) is 12.8 Å². The van der Waals surface area contributed by atoms with Crippen LogP contribution in [0.3, 0.4) is 0 Å². The molecule has 0 bridgehead atoms. The number of sulfonamides is 1. The molecule has 7 nitrogen and oxygen atoms in total. The molecule has 2 amide bonds. The number of amides is 2. The normalized spacial score (nSPS) is 12.4. The standard InChI is InChI=1S/C20H24FN3O4S/c1-4-24(5-2)29(27,28)18-13-15(11-12-17(18)21)20(26)22-14(3)19(25)23-16-9-7-6-8-10-16/h6-14H,4-5H2,1-3H3,(H,22,26)(H,23,25). The number of rotatable bonds is 8. The number of para-hydroxylation sites is 1. The Morgan fingerprint density at radius 2 is 1.69 bits per heavy atom. The van der Waals surface area contributed by atoms with Crippen LogP contribution in [0.15, 0.2) is 53.4 Å². The molecule has 0 aliphatic rings. The molecule has 156 valence electrons. The van der Waals surface area contributed by atoms with Crippen molar-refractivity contribution in [1.82, 2.24) is 9.62 Å². The van der Waals surface area contributed by atoms with Crippen LogP contribution in [0, 0.1) is 5.82 Å². The van der Waals surface area contributed by atoms with E-state index in [1.165, 1.54) is 13.0 Å². The number of nitrogens with zero attached hydrogens (tertiary/aromatic N) is 1. The van der Waals surface area contributed by atoms with Crippen molar-refractivity contribution in [2.75, 3.05) is 18.4 Å². The van der Waals surface area contributed by atoms with Crippen LogP contribution >= 0.6 is 0 Å². The lowest BCUT2D eigenvalue weighted by Crippen LogP contribution is -2.41. The first-order valence-corrected chi connectivity index (χ1v) is 10.6. The second-order valence-electron chi connectivity index (χ2n) is 6.28. The summed E-state index contributed by atoms with van der Waals surface area (Å²) in [7, 11) is -4.07. The number of hydrogen-bond donors (Lipinski definition) is 2. The molecule has 0 aromatic heterocycles. The second-order valence-corrected chi connectivity index (χ2v) is 8.19. The van der Waals surface area contributed by atoms with Crippen LogP contribution in [-0.4, -0.2) is 43.7 Å². The van der Waals surface area contributed by atoms with E-state index in [9.17, 15) is 22.4 Å². The maximum Gasteiger partial charge on any atom is 0.251 e. The van der Waals surface area contributed by atoms with Gasteiger partial charge < -0.3 is 10.6 Å². The van der Waals surface area contributed by atoms with Gasteiger partial charge in [-0.05, 0) is 37.3 Å². The molecule has 2 rings (SSSR count). The summed E-state index contributed by atoms with van der Waals surface area (Å²) < 4.78 is 40.5. The Balaban J connectivity index is 2.18. The minimum absolute atomic E-state index is 0.0588. The maximum atomic E-state index is 14.2. The molecule has 0 heterocycles. The van der Waals surface area contributed by atoms with Crippen LogP contribution in [0.1, 0.15) is 31.1 Å². The molecule has 2 aromatic carbocycles. The van der Waals surface area contributed by atoms with Gasteiger partial charge in [0.25, 0.3) is 5.91 Å². The molecule has 0 saturated carbocycles. The molecule has 1 unspecified atom stereocenters. The Labute approximate surface area is 170 Å². The van der Waals surface area contributed by atoms with Crippen LogP contribution in [-0.2, 0) is 14.8 Å². The average molecular weight is 421 g/mol. The zero-order valence-electron chi connectivity index (χ0n) is 16.5. The molecule has 0 saturated heterocycles. The van der Waals surface area contributed by atoms with E-state index in [-0.39, 0.29) is 18.7 Å². The Morgan fingerprint density at radius 1 is 1.07 bits per heavy atom. The first-order chi connectivity index (χ1) is 13.7. The molecule has 0 fully saturated rings. The highest BCUT2D eigenvalue weighted by atomic mass is 32.2. The topological polar surface area (TPSA) is 95.6 Å². The van der Waals surface area contributed by atoms with Gasteiger partial charge in [-0.1, -0.05) is 32.0 Å². The maximum absolute atomic E-state index is 14.2. The summed E-state index contributed by atoms with van der Waals surface area (Å²) >= 11 is 0. The number of hydrogen-bond acceptors (Lipinski definition) is 4. The fourth-order valence-corrected chi connectivity index (χ4v) is 4.21. The number of nitrogens with one attached hydrogen (secondary N) is 2. The Hall–Kier alpha value is -2.78. The van der Waals surface area contributed by atoms with Crippen LogP contribution in [0.5, 0.6) is 0 Å². The van der Waals surface area contributed by atoms with Gasteiger partial charge >= 0.3 is 0 Å². The summed E-state index contributed by atoms with van der Waals surface area (Å²) in [5.41, 5.74) is 0.518. The minimum Gasteiger partial charge on any atom is -0.341 e. The van der Waals surface area contributed by atoms with Crippen molar-refractivity contribution in [2.45, 2.75) is 31.7 Å². The summed E-state index contributed by atoms with van der Waals surface area (Å²) in [5.74, 6) is -2.07. The van der Waals surface area contributed by atoms with Crippen molar-refractivity contribution in [3.8, 4) is 0 Å². The van der Waals surface area contributed by atoms with Gasteiger partial charge in [0.2, 0.25) is 15.9 Å². The summed E-state index contributed by atoms with van der Waals surface area (Å²) in [6.45, 7) is 5.12. The quantitative estimate of drug-likeness (QED) is 0.685. The second kappa shape index (κ2) is 9.62. The molecule has 0 aliphatic carbocycles. The van der Waals surface area contributed by atoms with E-state index >= 15 is 0 Å². The van der Waals surface area contributed by atoms with Gasteiger partial charge in [-0.2, -0.15) is 4.31 Å². The summed E-state index contributed by atoms with van der Waals surface area (Å²) in [6.07, 6.45) is 0. The van der Waals surface area contributed by atoms with Crippen molar-refractivity contribution < 1.29 is 22.4 Å². The number of anilines is 1. The van der Waals surface area contributed by atoms with Crippen molar-refractivity contribution in [2.24, 2.45) is 0 Å². The first-order valence-electron chi connectivity index (χ1n) is 9.17. The van der Waals surface area contributed by atoms with Crippen LogP contribution in [0.25, 0.3) is 0 Å². The monoisotopic (exact) mass is 421 g/mol. The van der Waals surface area contributed by atoms with Crippen LogP contribution in [0.4, 0.5) is 10.1 Å². The molecule has 29 heavy (non-hydrogen) atoms. The molecule has 9 heteroatoms. The fourth-order valence-electron chi connectivity index (χ4n) is 2.66. The van der Waals surface area contributed by atoms with Crippen molar-refractivity contribution in [3.63, 3.8) is 0 Å². The van der Waals surface area contributed by atoms with Crippen molar-refractivity contribution in [1.29, 1.82) is 0 Å². The third-order valence-electron chi connectivity index (χ3n) is 4.30. The predicted octanol–water partition coefficient (Wildman–Crippen LogP) is 2.61. The fraction of sp³-hybridized carbons (Fsp3) is 0.300. The molecule has 0 radical (unpaired) electrons. The summed E-state index contributed by atoms with van der Waals surface area (Å²) in [4.78, 5) is 24.2. The van der Waals surface area contributed by atoms with Gasteiger partial charge in [0.15, 0.2) is 0 Å². The van der Waals surface area contributed by atoms with Crippen LogP contribution < -0.4 is 10.6 Å². The molecular formula is C20H24FN3O4S. The highest BCUT2D eigenvalue weighted by Gasteiger charge is 2.27.